The van der Waals surface area contributed by atoms with Crippen molar-refractivity contribution in [1.29, 1.82) is 0 Å². The van der Waals surface area contributed by atoms with Gasteiger partial charge in [0.2, 0.25) is 0 Å². The van der Waals surface area contributed by atoms with E-state index in [0.717, 1.165) is 5.56 Å². The molecule has 6 heteroatoms. The maximum absolute atomic E-state index is 12.8. The van der Waals surface area contributed by atoms with Gasteiger partial charge in [0.1, 0.15) is 11.6 Å². The highest BCUT2D eigenvalue weighted by atomic mass is 35.5. The largest absolute Gasteiger partial charge is 0.508 e. The Morgan fingerprint density at radius 1 is 1.14 bits per heavy atom. The molecule has 0 atom stereocenters. The van der Waals surface area contributed by atoms with Gasteiger partial charge in [-0.15, -0.1) is 0 Å². The van der Waals surface area contributed by atoms with Crippen molar-refractivity contribution in [3.8, 4) is 17.2 Å². The lowest BCUT2D eigenvalue weighted by molar-refractivity contribution is 0.423. The quantitative estimate of drug-likeness (QED) is 0.799. The third-order valence-electron chi connectivity index (χ3n) is 2.92. The molecule has 106 valence electrons. The Hall–Kier alpha value is -2.40. The lowest BCUT2D eigenvalue weighted by Crippen LogP contribution is -1.91. The lowest BCUT2D eigenvalue weighted by atomic mass is 10.1. The van der Waals surface area contributed by atoms with Crippen LogP contribution in [-0.4, -0.2) is 15.2 Å². The molecule has 21 heavy (non-hydrogen) atoms. The second kappa shape index (κ2) is 5.54. The summed E-state index contributed by atoms with van der Waals surface area (Å²) >= 11 is 6.04. The minimum atomic E-state index is -0.293. The predicted octanol–water partition coefficient (Wildman–Crippen LogP) is 3.83. The zero-order valence-electron chi connectivity index (χ0n) is 10.8. The van der Waals surface area contributed by atoms with E-state index in [4.69, 9.17) is 16.1 Å². The molecule has 0 aliphatic carbocycles. The van der Waals surface area contributed by atoms with Gasteiger partial charge >= 0.3 is 0 Å². The molecule has 0 amide bonds. The van der Waals surface area contributed by atoms with E-state index in [2.05, 4.69) is 10.1 Å². The van der Waals surface area contributed by atoms with E-state index in [1.807, 2.05) is 0 Å². The first-order valence-electron chi connectivity index (χ1n) is 6.18. The van der Waals surface area contributed by atoms with Gasteiger partial charge in [-0.1, -0.05) is 28.9 Å². The lowest BCUT2D eigenvalue weighted by Gasteiger charge is -1.99. The van der Waals surface area contributed by atoms with Crippen LogP contribution in [0.3, 0.4) is 0 Å². The number of nitrogens with zero attached hydrogens (tertiary/aromatic N) is 2. The van der Waals surface area contributed by atoms with Crippen molar-refractivity contribution in [3.63, 3.8) is 0 Å². The third-order valence-corrected chi connectivity index (χ3v) is 3.25. The van der Waals surface area contributed by atoms with E-state index in [0.29, 0.717) is 22.8 Å². The Morgan fingerprint density at radius 2 is 1.90 bits per heavy atom. The average molecular weight is 305 g/mol. The number of hydrogen-bond donors (Lipinski definition) is 1. The minimum Gasteiger partial charge on any atom is -0.508 e. The fourth-order valence-electron chi connectivity index (χ4n) is 1.90. The maximum Gasteiger partial charge on any atom is 0.259 e. The third kappa shape index (κ3) is 3.03. The Morgan fingerprint density at radius 3 is 2.67 bits per heavy atom. The molecule has 3 rings (SSSR count). The molecule has 4 nitrogen and oxygen atoms in total. The van der Waals surface area contributed by atoms with Crippen LogP contribution in [0.2, 0.25) is 5.02 Å². The molecule has 0 saturated heterocycles. The van der Waals surface area contributed by atoms with Gasteiger partial charge in [-0.2, -0.15) is 4.98 Å². The number of rotatable bonds is 3. The van der Waals surface area contributed by atoms with E-state index in [1.54, 1.807) is 18.2 Å². The molecule has 0 unspecified atom stereocenters. The monoisotopic (exact) mass is 304 g/mol. The smallest absolute Gasteiger partial charge is 0.259 e. The summed E-state index contributed by atoms with van der Waals surface area (Å²) in [4.78, 5) is 4.23. The van der Waals surface area contributed by atoms with Gasteiger partial charge in [0.25, 0.3) is 5.89 Å². The molecule has 1 aromatic heterocycles. The van der Waals surface area contributed by atoms with Crippen molar-refractivity contribution in [2.75, 3.05) is 0 Å². The SMILES string of the molecule is Oc1ccc(Cl)c(-c2nc(Cc3ccc(F)cc3)no2)c1. The molecule has 0 bridgehead atoms. The molecule has 1 N–H and O–H groups in total. The summed E-state index contributed by atoms with van der Waals surface area (Å²) in [6, 6.07) is 10.6. The summed E-state index contributed by atoms with van der Waals surface area (Å²) in [7, 11) is 0. The van der Waals surface area contributed by atoms with Crippen molar-refractivity contribution in [1.82, 2.24) is 10.1 Å². The van der Waals surface area contributed by atoms with Crippen molar-refractivity contribution < 1.29 is 14.0 Å². The van der Waals surface area contributed by atoms with E-state index >= 15 is 0 Å². The number of halogens is 2. The molecule has 2 aromatic carbocycles. The van der Waals surface area contributed by atoms with Crippen molar-refractivity contribution >= 4 is 11.6 Å². The normalized spacial score (nSPS) is 10.8. The first kappa shape index (κ1) is 13.6. The number of benzene rings is 2. The standard InChI is InChI=1S/C15H10ClFN2O2/c16-13-6-5-11(20)8-12(13)15-18-14(19-21-15)7-9-1-3-10(17)4-2-9/h1-6,8,20H,7H2. The Kier molecular flexibility index (Phi) is 3.58. The summed E-state index contributed by atoms with van der Waals surface area (Å²) in [5, 5.41) is 13.8. The van der Waals surface area contributed by atoms with Crippen LogP contribution in [0.5, 0.6) is 5.75 Å². The predicted molar refractivity (Wildman–Crippen MR) is 75.6 cm³/mol. The molecule has 0 aliphatic heterocycles. The van der Waals surface area contributed by atoms with Crippen molar-refractivity contribution in [2.24, 2.45) is 0 Å². The topological polar surface area (TPSA) is 59.2 Å². The van der Waals surface area contributed by atoms with Crippen molar-refractivity contribution in [3.05, 3.63) is 64.7 Å². The molecule has 0 radical (unpaired) electrons. The fourth-order valence-corrected chi connectivity index (χ4v) is 2.10. The van der Waals surface area contributed by atoms with Gasteiger partial charge in [-0.3, -0.25) is 0 Å². The second-order valence-electron chi connectivity index (χ2n) is 4.48. The Bertz CT molecular complexity index is 772. The summed E-state index contributed by atoms with van der Waals surface area (Å²) in [6.07, 6.45) is 0.417. The molecular weight excluding hydrogens is 295 g/mol. The van der Waals surface area contributed by atoms with Crippen molar-refractivity contribution in [2.45, 2.75) is 6.42 Å². The minimum absolute atomic E-state index is 0.0627. The number of phenols is 1. The van der Waals surface area contributed by atoms with Crippen LogP contribution in [0, 0.1) is 5.82 Å². The number of aromatic hydroxyl groups is 1. The van der Waals surface area contributed by atoms with Crippen LogP contribution in [0.1, 0.15) is 11.4 Å². The van der Waals surface area contributed by atoms with Gasteiger partial charge in [0.05, 0.1) is 10.6 Å². The van der Waals surface area contributed by atoms with E-state index < -0.39 is 0 Å². The summed E-state index contributed by atoms with van der Waals surface area (Å²) in [5.74, 6) is 0.454. The molecule has 0 aliphatic rings. The molecular formula is C15H10ClFN2O2. The maximum atomic E-state index is 12.8. The van der Waals surface area contributed by atoms with Gasteiger partial charge in [0.15, 0.2) is 5.82 Å². The molecule has 3 aromatic rings. The van der Waals surface area contributed by atoms with Crippen LogP contribution in [-0.2, 0) is 6.42 Å². The zero-order valence-corrected chi connectivity index (χ0v) is 11.5. The number of phenolic OH excluding ortho intramolecular Hbond substituents is 1. The summed E-state index contributed by atoms with van der Waals surface area (Å²) < 4.78 is 18.0. The Balaban J connectivity index is 1.86. The van der Waals surface area contributed by atoms with E-state index in [-0.39, 0.29) is 17.5 Å². The Labute approximate surface area is 124 Å². The summed E-state index contributed by atoms with van der Waals surface area (Å²) in [5.41, 5.74) is 1.33. The fraction of sp³-hybridized carbons (Fsp3) is 0.0667. The van der Waals surface area contributed by atoms with Gasteiger partial charge < -0.3 is 9.63 Å². The molecule has 0 spiro atoms. The van der Waals surface area contributed by atoms with Gasteiger partial charge in [0, 0.05) is 6.42 Å². The second-order valence-corrected chi connectivity index (χ2v) is 4.89. The van der Waals surface area contributed by atoms with Crippen LogP contribution in [0.15, 0.2) is 47.0 Å². The summed E-state index contributed by atoms with van der Waals surface area (Å²) in [6.45, 7) is 0. The van der Waals surface area contributed by atoms with Crippen LogP contribution < -0.4 is 0 Å². The highest BCUT2D eigenvalue weighted by Gasteiger charge is 2.13. The van der Waals surface area contributed by atoms with E-state index in [1.165, 1.54) is 24.3 Å². The van der Waals surface area contributed by atoms with Crippen LogP contribution >= 0.6 is 11.6 Å². The highest BCUT2D eigenvalue weighted by molar-refractivity contribution is 6.33. The molecule has 0 fully saturated rings. The molecule has 1 heterocycles. The zero-order chi connectivity index (χ0) is 14.8. The van der Waals surface area contributed by atoms with E-state index in [9.17, 15) is 9.50 Å². The number of aromatic nitrogens is 2. The first-order valence-corrected chi connectivity index (χ1v) is 6.55. The first-order chi connectivity index (χ1) is 10.1. The highest BCUT2D eigenvalue weighted by Crippen LogP contribution is 2.30. The average Bonchev–Trinajstić information content (AvgIpc) is 2.92. The van der Waals surface area contributed by atoms with Gasteiger partial charge in [-0.05, 0) is 35.9 Å². The number of hydrogen-bond acceptors (Lipinski definition) is 4. The van der Waals surface area contributed by atoms with Crippen LogP contribution in [0.25, 0.3) is 11.5 Å². The molecule has 0 saturated carbocycles. The van der Waals surface area contributed by atoms with Gasteiger partial charge in [-0.25, -0.2) is 4.39 Å². The van der Waals surface area contributed by atoms with Crippen LogP contribution in [0.4, 0.5) is 4.39 Å².